The third-order valence-corrected chi connectivity index (χ3v) is 5.33. The highest BCUT2D eigenvalue weighted by molar-refractivity contribution is 9.10. The number of rotatable bonds is 7. The number of aryl methyl sites for hydroxylation is 1. The number of ether oxygens (including phenoxy) is 1. The first-order valence-electron chi connectivity index (χ1n) is 8.10. The largest absolute Gasteiger partial charge is 0.480 e. The molecule has 3 rings (SSSR count). The van der Waals surface area contributed by atoms with Crippen LogP contribution in [0.1, 0.15) is 16.6 Å². The van der Waals surface area contributed by atoms with E-state index in [1.165, 1.54) is 11.3 Å². The smallest absolute Gasteiger partial charge is 0.323 e. The van der Waals surface area contributed by atoms with E-state index in [1.54, 1.807) is 0 Å². The molecule has 1 atom stereocenters. The molecule has 0 aliphatic rings. The molecular weight excluding hydrogens is 450 g/mol. The van der Waals surface area contributed by atoms with Crippen LogP contribution in [0.3, 0.4) is 0 Å². The molecule has 0 saturated heterocycles. The van der Waals surface area contributed by atoms with Crippen LogP contribution >= 0.6 is 27.3 Å². The Hall–Kier alpha value is -2.63. The predicted octanol–water partition coefficient (Wildman–Crippen LogP) is 2.00. The molecule has 146 valence electrons. The number of nitrogens with zero attached hydrogens (tertiary/aromatic N) is 4. The highest BCUT2D eigenvalue weighted by Crippen LogP contribution is 2.25. The molecule has 28 heavy (non-hydrogen) atoms. The van der Waals surface area contributed by atoms with Gasteiger partial charge in [-0.15, -0.1) is 10.2 Å². The van der Waals surface area contributed by atoms with E-state index >= 15 is 0 Å². The van der Waals surface area contributed by atoms with Crippen LogP contribution in [0.15, 0.2) is 39.9 Å². The van der Waals surface area contributed by atoms with Gasteiger partial charge in [0.1, 0.15) is 34.0 Å². The molecule has 9 nitrogen and oxygen atoms in total. The number of aromatic nitrogens is 4. The third kappa shape index (κ3) is 4.61. The van der Waals surface area contributed by atoms with E-state index in [-0.39, 0.29) is 17.0 Å². The Bertz CT molecular complexity index is 1050. The minimum atomic E-state index is -1.14. The predicted molar refractivity (Wildman–Crippen MR) is 106 cm³/mol. The summed E-state index contributed by atoms with van der Waals surface area (Å²) in [4.78, 5) is 26.8. The monoisotopic (exact) mass is 465 g/mol. The van der Waals surface area contributed by atoms with Crippen LogP contribution < -0.4 is 16.0 Å². The average molecular weight is 466 g/mol. The van der Waals surface area contributed by atoms with Crippen LogP contribution in [0, 0.1) is 6.92 Å². The summed E-state index contributed by atoms with van der Waals surface area (Å²) in [5, 5.41) is 18.6. The number of hydrogen-bond donors (Lipinski definition) is 2. The van der Waals surface area contributed by atoms with Crippen molar-refractivity contribution in [3.8, 4) is 16.5 Å². The summed E-state index contributed by atoms with van der Waals surface area (Å²) in [5.41, 5.74) is 7.42. The van der Waals surface area contributed by atoms with Crippen molar-refractivity contribution >= 4 is 33.2 Å². The van der Waals surface area contributed by atoms with Crippen LogP contribution in [0.2, 0.25) is 0 Å². The van der Waals surface area contributed by atoms with Gasteiger partial charge in [0, 0.05) is 5.56 Å². The molecule has 1 aromatic carbocycles. The van der Waals surface area contributed by atoms with Crippen molar-refractivity contribution < 1.29 is 14.6 Å². The first kappa shape index (κ1) is 20.1. The molecule has 3 aromatic rings. The lowest BCUT2D eigenvalue weighted by Gasteiger charge is -2.14. The molecular formula is C17H16BrN5O4S. The van der Waals surface area contributed by atoms with Gasteiger partial charge in [0.15, 0.2) is 0 Å². The second kappa shape index (κ2) is 8.59. The lowest BCUT2D eigenvalue weighted by atomic mass is 10.1. The number of carboxylic acid groups (broad SMARTS) is 1. The van der Waals surface area contributed by atoms with E-state index in [4.69, 9.17) is 15.6 Å². The van der Waals surface area contributed by atoms with Crippen LogP contribution in [-0.4, -0.2) is 37.4 Å². The Morgan fingerprint density at radius 2 is 2.07 bits per heavy atom. The van der Waals surface area contributed by atoms with Crippen molar-refractivity contribution in [3.05, 3.63) is 56.0 Å². The van der Waals surface area contributed by atoms with Gasteiger partial charge in [0.25, 0.3) is 5.56 Å². The van der Waals surface area contributed by atoms with Crippen molar-refractivity contribution in [1.29, 1.82) is 0 Å². The fraction of sp³-hybridized carbons (Fsp3) is 0.235. The minimum Gasteiger partial charge on any atom is -0.480 e. The maximum absolute atomic E-state index is 12.1. The van der Waals surface area contributed by atoms with Gasteiger partial charge < -0.3 is 15.6 Å². The third-order valence-electron chi connectivity index (χ3n) is 3.77. The molecule has 0 unspecified atom stereocenters. The molecule has 0 aliphatic carbocycles. The number of halogens is 1. The van der Waals surface area contributed by atoms with E-state index in [0.29, 0.717) is 0 Å². The molecule has 11 heteroatoms. The van der Waals surface area contributed by atoms with Gasteiger partial charge in [-0.3, -0.25) is 14.2 Å². The van der Waals surface area contributed by atoms with Crippen molar-refractivity contribution in [3.63, 3.8) is 0 Å². The molecule has 0 spiro atoms. The van der Waals surface area contributed by atoms with E-state index in [0.717, 1.165) is 32.0 Å². The standard InChI is InChI=1S/C17H16BrN5O4S/c1-9-21-22-16(28-9)11-4-2-10(3-5-11)12(19)7-27-15-14(18)17(26)23(8-20-15)6-13(24)25/h2-5,8,12H,6-7,19H2,1H3,(H,24,25)/t12-/m0/s1. The van der Waals surface area contributed by atoms with Crippen molar-refractivity contribution in [2.24, 2.45) is 5.73 Å². The maximum atomic E-state index is 12.1. The zero-order chi connectivity index (χ0) is 20.3. The SMILES string of the molecule is Cc1nnc(-c2ccc([C@@H](N)COc3ncn(CC(=O)O)c(=O)c3Br)cc2)s1. The Morgan fingerprint density at radius 3 is 2.68 bits per heavy atom. The van der Waals surface area contributed by atoms with Crippen molar-refractivity contribution in [1.82, 2.24) is 19.7 Å². The fourth-order valence-corrected chi connectivity index (χ4v) is 3.50. The second-order valence-corrected chi connectivity index (χ2v) is 7.83. The molecule has 2 aromatic heterocycles. The number of carbonyl (C=O) groups is 1. The molecule has 0 saturated carbocycles. The summed E-state index contributed by atoms with van der Waals surface area (Å²) in [7, 11) is 0. The van der Waals surface area contributed by atoms with E-state index in [1.807, 2.05) is 31.2 Å². The Kier molecular flexibility index (Phi) is 6.17. The van der Waals surface area contributed by atoms with Crippen molar-refractivity contribution in [2.45, 2.75) is 19.5 Å². The van der Waals surface area contributed by atoms with Crippen LogP contribution in [0.25, 0.3) is 10.6 Å². The van der Waals surface area contributed by atoms with Crippen LogP contribution in [0.4, 0.5) is 0 Å². The maximum Gasteiger partial charge on any atom is 0.323 e. The highest BCUT2D eigenvalue weighted by atomic mass is 79.9. The summed E-state index contributed by atoms with van der Waals surface area (Å²) in [6, 6.07) is 7.15. The Balaban J connectivity index is 1.67. The zero-order valence-corrected chi connectivity index (χ0v) is 17.1. The number of benzene rings is 1. The first-order valence-corrected chi connectivity index (χ1v) is 9.71. The second-order valence-electron chi connectivity index (χ2n) is 5.86. The number of hydrogen-bond acceptors (Lipinski definition) is 8. The van der Waals surface area contributed by atoms with Gasteiger partial charge in [0.05, 0.1) is 6.04 Å². The summed E-state index contributed by atoms with van der Waals surface area (Å²) in [6.45, 7) is 1.50. The number of nitrogens with two attached hydrogens (primary N) is 1. The molecule has 0 fully saturated rings. The zero-order valence-electron chi connectivity index (χ0n) is 14.7. The molecule has 0 aliphatic heterocycles. The van der Waals surface area contributed by atoms with Crippen molar-refractivity contribution in [2.75, 3.05) is 6.61 Å². The Labute approximate surface area is 172 Å². The lowest BCUT2D eigenvalue weighted by molar-refractivity contribution is -0.137. The quantitative estimate of drug-likeness (QED) is 0.540. The van der Waals surface area contributed by atoms with Gasteiger partial charge in [-0.1, -0.05) is 35.6 Å². The minimum absolute atomic E-state index is 0.0467. The van der Waals surface area contributed by atoms with E-state index in [9.17, 15) is 9.59 Å². The number of aliphatic carboxylic acids is 1. The highest BCUT2D eigenvalue weighted by Gasteiger charge is 2.15. The summed E-state index contributed by atoms with van der Waals surface area (Å²) in [6.07, 6.45) is 1.13. The van der Waals surface area contributed by atoms with Crippen LogP contribution in [0.5, 0.6) is 5.88 Å². The van der Waals surface area contributed by atoms with Gasteiger partial charge in [-0.05, 0) is 28.4 Å². The number of carboxylic acids is 1. The van der Waals surface area contributed by atoms with Gasteiger partial charge in [-0.25, -0.2) is 4.98 Å². The van der Waals surface area contributed by atoms with Crippen LogP contribution in [-0.2, 0) is 11.3 Å². The molecule has 0 amide bonds. The summed E-state index contributed by atoms with van der Waals surface area (Å²) in [5.74, 6) is -1.08. The normalized spacial score (nSPS) is 12.0. The first-order chi connectivity index (χ1) is 13.3. The Morgan fingerprint density at radius 1 is 1.36 bits per heavy atom. The molecule has 3 N–H and O–H groups in total. The topological polar surface area (TPSA) is 133 Å². The van der Waals surface area contributed by atoms with Gasteiger partial charge in [0.2, 0.25) is 5.88 Å². The van der Waals surface area contributed by atoms with Gasteiger partial charge >= 0.3 is 5.97 Å². The average Bonchev–Trinajstić information content (AvgIpc) is 3.11. The molecule has 0 bridgehead atoms. The fourth-order valence-electron chi connectivity index (χ4n) is 2.36. The molecule has 2 heterocycles. The lowest BCUT2D eigenvalue weighted by Crippen LogP contribution is -2.26. The van der Waals surface area contributed by atoms with E-state index < -0.39 is 24.1 Å². The van der Waals surface area contributed by atoms with Gasteiger partial charge in [-0.2, -0.15) is 0 Å². The summed E-state index contributed by atoms with van der Waals surface area (Å²) >= 11 is 4.61. The summed E-state index contributed by atoms with van der Waals surface area (Å²) < 4.78 is 6.56. The van der Waals surface area contributed by atoms with E-state index in [2.05, 4.69) is 31.1 Å². The molecule has 0 radical (unpaired) electrons.